The van der Waals surface area contributed by atoms with Crippen molar-refractivity contribution in [1.82, 2.24) is 10.3 Å². The third kappa shape index (κ3) is 1.87. The average Bonchev–Trinajstić information content (AvgIpc) is 2.18. The van der Waals surface area contributed by atoms with Gasteiger partial charge in [0.25, 0.3) is 0 Å². The summed E-state index contributed by atoms with van der Waals surface area (Å²) in [6.07, 6.45) is 2.95. The van der Waals surface area contributed by atoms with E-state index in [1.807, 2.05) is 6.20 Å². The number of nitrogens with zero attached hydrogens (tertiary/aromatic N) is 1. The number of hydrogen-bond donors (Lipinski definition) is 1. The molecule has 1 N–H and O–H groups in total. The molecule has 0 saturated heterocycles. The van der Waals surface area contributed by atoms with Gasteiger partial charge in [0, 0.05) is 38.5 Å². The molecule has 70 valence electrons. The molecule has 0 unspecified atom stereocenters. The van der Waals surface area contributed by atoms with Crippen LogP contribution in [-0.4, -0.2) is 18.6 Å². The average molecular weight is 178 g/mol. The van der Waals surface area contributed by atoms with Gasteiger partial charge in [0.2, 0.25) is 0 Å². The van der Waals surface area contributed by atoms with Crippen LogP contribution >= 0.6 is 0 Å². The second kappa shape index (κ2) is 3.85. The first-order valence-electron chi connectivity index (χ1n) is 4.56. The van der Waals surface area contributed by atoms with E-state index in [2.05, 4.69) is 16.4 Å². The number of hydrogen-bond acceptors (Lipinski definition) is 3. The Hall–Kier alpha value is -0.930. The van der Waals surface area contributed by atoms with Crippen molar-refractivity contribution in [3.8, 4) is 0 Å². The molecule has 2 rings (SSSR count). The van der Waals surface area contributed by atoms with Gasteiger partial charge in [-0.2, -0.15) is 0 Å². The summed E-state index contributed by atoms with van der Waals surface area (Å²) >= 11 is 0. The predicted molar refractivity (Wildman–Crippen MR) is 50.4 cm³/mol. The van der Waals surface area contributed by atoms with Crippen molar-refractivity contribution < 1.29 is 4.74 Å². The van der Waals surface area contributed by atoms with E-state index in [0.29, 0.717) is 6.61 Å². The summed E-state index contributed by atoms with van der Waals surface area (Å²) in [7, 11) is 1.71. The second-order valence-electron chi connectivity index (χ2n) is 3.31. The first-order chi connectivity index (χ1) is 6.40. The normalized spacial score (nSPS) is 15.5. The van der Waals surface area contributed by atoms with Gasteiger partial charge in [0.05, 0.1) is 6.61 Å². The Bertz CT molecular complexity index is 299. The van der Waals surface area contributed by atoms with Gasteiger partial charge in [0.15, 0.2) is 0 Å². The molecule has 1 aromatic heterocycles. The number of aromatic nitrogens is 1. The van der Waals surface area contributed by atoms with Crippen molar-refractivity contribution in [2.45, 2.75) is 19.6 Å². The van der Waals surface area contributed by atoms with Crippen LogP contribution in [0.4, 0.5) is 0 Å². The molecule has 0 saturated carbocycles. The summed E-state index contributed by atoms with van der Waals surface area (Å²) in [5.74, 6) is 0. The highest BCUT2D eigenvalue weighted by Crippen LogP contribution is 2.13. The molecule has 3 heteroatoms. The second-order valence-corrected chi connectivity index (χ2v) is 3.31. The number of methoxy groups -OCH3 is 1. The topological polar surface area (TPSA) is 34.1 Å². The van der Waals surface area contributed by atoms with Gasteiger partial charge >= 0.3 is 0 Å². The molecule has 0 radical (unpaired) electrons. The summed E-state index contributed by atoms with van der Waals surface area (Å²) < 4.78 is 5.06. The molecule has 0 atom stereocenters. The SMILES string of the molecule is COCc1cnc2c(c1)CNCC2. The Morgan fingerprint density at radius 2 is 2.54 bits per heavy atom. The smallest absolute Gasteiger partial charge is 0.0728 e. The minimum absolute atomic E-state index is 0.653. The Labute approximate surface area is 78.1 Å². The molecule has 1 aliphatic heterocycles. The number of pyridine rings is 1. The summed E-state index contributed by atoms with van der Waals surface area (Å²) in [6, 6.07) is 2.18. The maximum absolute atomic E-state index is 5.06. The van der Waals surface area contributed by atoms with Crippen LogP contribution in [0.5, 0.6) is 0 Å². The molecule has 0 amide bonds. The molecule has 1 aliphatic rings. The van der Waals surface area contributed by atoms with Crippen LogP contribution in [0.3, 0.4) is 0 Å². The number of ether oxygens (including phenoxy) is 1. The third-order valence-electron chi connectivity index (χ3n) is 2.28. The lowest BCUT2D eigenvalue weighted by Crippen LogP contribution is -2.24. The monoisotopic (exact) mass is 178 g/mol. The number of rotatable bonds is 2. The quantitative estimate of drug-likeness (QED) is 0.729. The maximum atomic E-state index is 5.06. The standard InChI is InChI=1S/C10H14N2O/c1-13-7-8-4-9-6-11-3-2-10(9)12-5-8/h4-5,11H,2-3,6-7H2,1H3. The minimum atomic E-state index is 0.653. The molecule has 0 fully saturated rings. The van der Waals surface area contributed by atoms with Crippen LogP contribution in [-0.2, 0) is 24.3 Å². The van der Waals surface area contributed by atoms with E-state index in [9.17, 15) is 0 Å². The fourth-order valence-corrected chi connectivity index (χ4v) is 1.64. The molecule has 0 spiro atoms. The van der Waals surface area contributed by atoms with Crippen LogP contribution in [0, 0.1) is 0 Å². The van der Waals surface area contributed by atoms with Crippen LogP contribution < -0.4 is 5.32 Å². The molecule has 2 heterocycles. The van der Waals surface area contributed by atoms with Gasteiger partial charge in [-0.3, -0.25) is 4.98 Å². The number of nitrogens with one attached hydrogen (secondary N) is 1. The van der Waals surface area contributed by atoms with Crippen molar-refractivity contribution >= 4 is 0 Å². The molecule has 0 aromatic carbocycles. The molecule has 0 aliphatic carbocycles. The van der Waals surface area contributed by atoms with Crippen molar-refractivity contribution in [2.24, 2.45) is 0 Å². The van der Waals surface area contributed by atoms with Crippen LogP contribution in [0.25, 0.3) is 0 Å². The summed E-state index contributed by atoms with van der Waals surface area (Å²) in [5.41, 5.74) is 3.71. The Kier molecular flexibility index (Phi) is 2.57. The molecule has 1 aromatic rings. The first-order valence-corrected chi connectivity index (χ1v) is 4.56. The van der Waals surface area contributed by atoms with E-state index in [1.54, 1.807) is 7.11 Å². The van der Waals surface area contributed by atoms with Crippen molar-refractivity contribution in [1.29, 1.82) is 0 Å². The molecule has 13 heavy (non-hydrogen) atoms. The van der Waals surface area contributed by atoms with Crippen LogP contribution in [0.2, 0.25) is 0 Å². The molecular weight excluding hydrogens is 164 g/mol. The zero-order valence-corrected chi connectivity index (χ0v) is 7.84. The lowest BCUT2D eigenvalue weighted by Gasteiger charge is -2.16. The highest BCUT2D eigenvalue weighted by molar-refractivity contribution is 5.26. The Morgan fingerprint density at radius 1 is 1.62 bits per heavy atom. The Morgan fingerprint density at radius 3 is 3.38 bits per heavy atom. The van der Waals surface area contributed by atoms with Crippen LogP contribution in [0.15, 0.2) is 12.3 Å². The van der Waals surface area contributed by atoms with Crippen molar-refractivity contribution in [3.05, 3.63) is 29.1 Å². The zero-order valence-electron chi connectivity index (χ0n) is 7.84. The van der Waals surface area contributed by atoms with Crippen molar-refractivity contribution in [3.63, 3.8) is 0 Å². The largest absolute Gasteiger partial charge is 0.380 e. The zero-order chi connectivity index (χ0) is 9.10. The maximum Gasteiger partial charge on any atom is 0.0728 e. The van der Waals surface area contributed by atoms with Crippen molar-refractivity contribution in [2.75, 3.05) is 13.7 Å². The molecule has 0 bridgehead atoms. The summed E-state index contributed by atoms with van der Waals surface area (Å²) in [5, 5.41) is 3.33. The minimum Gasteiger partial charge on any atom is -0.380 e. The van der Waals surface area contributed by atoms with Gasteiger partial charge < -0.3 is 10.1 Å². The van der Waals surface area contributed by atoms with E-state index in [-0.39, 0.29) is 0 Å². The Balaban J connectivity index is 2.24. The fraction of sp³-hybridized carbons (Fsp3) is 0.500. The van der Waals surface area contributed by atoms with E-state index in [1.165, 1.54) is 11.3 Å². The fourth-order valence-electron chi connectivity index (χ4n) is 1.64. The first kappa shape index (κ1) is 8.66. The number of fused-ring (bicyclic) bond motifs is 1. The lowest BCUT2D eigenvalue weighted by atomic mass is 10.1. The lowest BCUT2D eigenvalue weighted by molar-refractivity contribution is 0.184. The van der Waals surface area contributed by atoms with E-state index < -0.39 is 0 Å². The van der Waals surface area contributed by atoms with E-state index >= 15 is 0 Å². The van der Waals surface area contributed by atoms with Gasteiger partial charge in [0.1, 0.15) is 0 Å². The van der Waals surface area contributed by atoms with Gasteiger partial charge in [-0.15, -0.1) is 0 Å². The van der Waals surface area contributed by atoms with Gasteiger partial charge in [-0.25, -0.2) is 0 Å². The molecule has 3 nitrogen and oxygen atoms in total. The van der Waals surface area contributed by atoms with Crippen LogP contribution in [0.1, 0.15) is 16.8 Å². The van der Waals surface area contributed by atoms with E-state index in [4.69, 9.17) is 4.74 Å². The summed E-state index contributed by atoms with van der Waals surface area (Å²) in [4.78, 5) is 4.42. The molecular formula is C10H14N2O. The third-order valence-corrected chi connectivity index (χ3v) is 2.28. The highest BCUT2D eigenvalue weighted by Gasteiger charge is 2.09. The van der Waals surface area contributed by atoms with Gasteiger partial charge in [-0.1, -0.05) is 0 Å². The predicted octanol–water partition coefficient (Wildman–Crippen LogP) is 0.874. The summed E-state index contributed by atoms with van der Waals surface area (Å²) in [6.45, 7) is 2.64. The highest BCUT2D eigenvalue weighted by atomic mass is 16.5. The van der Waals surface area contributed by atoms with Gasteiger partial charge in [-0.05, 0) is 17.2 Å². The van der Waals surface area contributed by atoms with E-state index in [0.717, 1.165) is 25.1 Å².